The fraction of sp³-hybridized carbons (Fsp3) is 0. The average Bonchev–Trinajstić information content (AvgIpc) is 2.73. The number of rotatable bonds is 4. The summed E-state index contributed by atoms with van der Waals surface area (Å²) < 4.78 is 26.3. The predicted molar refractivity (Wildman–Crippen MR) is 107 cm³/mol. The van der Waals surface area contributed by atoms with Crippen LogP contribution in [0.1, 0.15) is 11.3 Å². The summed E-state index contributed by atoms with van der Waals surface area (Å²) >= 11 is 0. The van der Waals surface area contributed by atoms with Crippen LogP contribution in [-0.2, 0) is 9.84 Å². The summed E-state index contributed by atoms with van der Waals surface area (Å²) in [7, 11) is -3.79. The molecule has 0 aliphatic rings. The number of hydrogen-bond donors (Lipinski definition) is 0. The Kier molecular flexibility index (Phi) is 4.52. The zero-order chi connectivity index (χ0) is 18.7. The Morgan fingerprint density at radius 1 is 0.630 bits per heavy atom. The molecule has 1 heterocycles. The predicted octanol–water partition coefficient (Wildman–Crippen LogP) is 4.63. The second-order valence-electron chi connectivity index (χ2n) is 5.96. The summed E-state index contributed by atoms with van der Waals surface area (Å²) in [4.78, 5) is 9.19. The van der Waals surface area contributed by atoms with Gasteiger partial charge >= 0.3 is 0 Å². The van der Waals surface area contributed by atoms with Crippen molar-refractivity contribution < 1.29 is 8.42 Å². The zero-order valence-electron chi connectivity index (χ0n) is 14.4. The molecule has 0 saturated heterocycles. The number of nitrogens with zero attached hydrogens (tertiary/aromatic N) is 2. The van der Waals surface area contributed by atoms with Crippen molar-refractivity contribution in [2.45, 2.75) is 9.92 Å². The molecule has 0 bridgehead atoms. The van der Waals surface area contributed by atoms with Gasteiger partial charge in [-0.15, -0.1) is 0 Å². The minimum Gasteiger partial charge on any atom is -0.244 e. The van der Waals surface area contributed by atoms with Gasteiger partial charge in [-0.25, -0.2) is 18.4 Å². The molecule has 0 radical (unpaired) electrons. The molecule has 27 heavy (non-hydrogen) atoms. The van der Waals surface area contributed by atoms with E-state index in [-0.39, 0.29) is 9.92 Å². The van der Waals surface area contributed by atoms with E-state index in [4.69, 9.17) is 0 Å². The third kappa shape index (κ3) is 3.50. The number of benzene rings is 3. The maximum Gasteiger partial charge on any atom is 0.226 e. The molecule has 0 amide bonds. The van der Waals surface area contributed by atoms with Crippen LogP contribution in [0.15, 0.2) is 94.9 Å². The van der Waals surface area contributed by atoms with E-state index in [1.165, 1.54) is 0 Å². The van der Waals surface area contributed by atoms with Crippen LogP contribution in [-0.4, -0.2) is 18.4 Å². The van der Waals surface area contributed by atoms with Crippen LogP contribution in [0.3, 0.4) is 0 Å². The maximum absolute atomic E-state index is 13.2. The number of sulfone groups is 1. The summed E-state index contributed by atoms with van der Waals surface area (Å²) in [5.41, 5.74) is 2.47. The van der Waals surface area contributed by atoms with Crippen molar-refractivity contribution in [3.05, 3.63) is 96.2 Å². The van der Waals surface area contributed by atoms with Crippen LogP contribution in [0.5, 0.6) is 0 Å². The molecule has 0 saturated carbocycles. The third-order valence-electron chi connectivity index (χ3n) is 4.11. The SMILES string of the molecule is O=S(=O)(c1ccccc1)c1nc2ccccc2nc1/C=C/c1ccccc1. The van der Waals surface area contributed by atoms with Crippen LogP contribution in [0, 0.1) is 0 Å². The lowest BCUT2D eigenvalue weighted by Gasteiger charge is -2.08. The lowest BCUT2D eigenvalue weighted by molar-refractivity contribution is 0.592. The van der Waals surface area contributed by atoms with E-state index in [2.05, 4.69) is 9.97 Å². The monoisotopic (exact) mass is 372 g/mol. The van der Waals surface area contributed by atoms with E-state index in [0.29, 0.717) is 16.7 Å². The van der Waals surface area contributed by atoms with E-state index >= 15 is 0 Å². The van der Waals surface area contributed by atoms with Gasteiger partial charge in [0.1, 0.15) is 5.69 Å². The molecule has 0 spiro atoms. The van der Waals surface area contributed by atoms with Gasteiger partial charge in [0, 0.05) is 0 Å². The molecule has 3 aromatic carbocycles. The van der Waals surface area contributed by atoms with Crippen molar-refractivity contribution in [2.75, 3.05) is 0 Å². The number of hydrogen-bond acceptors (Lipinski definition) is 4. The summed E-state index contributed by atoms with van der Waals surface area (Å²) in [6, 6.07) is 25.2. The van der Waals surface area contributed by atoms with Gasteiger partial charge in [0.05, 0.1) is 15.9 Å². The van der Waals surface area contributed by atoms with Crippen LogP contribution >= 0.6 is 0 Å². The number of fused-ring (bicyclic) bond motifs is 1. The first-order valence-electron chi connectivity index (χ1n) is 8.45. The molecule has 0 fully saturated rings. The van der Waals surface area contributed by atoms with Gasteiger partial charge < -0.3 is 0 Å². The van der Waals surface area contributed by atoms with Crippen molar-refractivity contribution in [3.63, 3.8) is 0 Å². The second-order valence-corrected chi connectivity index (χ2v) is 7.83. The Morgan fingerprint density at radius 3 is 1.85 bits per heavy atom. The van der Waals surface area contributed by atoms with E-state index in [0.717, 1.165) is 5.56 Å². The summed E-state index contributed by atoms with van der Waals surface area (Å²) in [6.07, 6.45) is 3.54. The molecule has 4 aromatic rings. The largest absolute Gasteiger partial charge is 0.244 e. The quantitative estimate of drug-likeness (QED) is 0.524. The Morgan fingerprint density at radius 2 is 1.19 bits per heavy atom. The van der Waals surface area contributed by atoms with Crippen LogP contribution in [0.25, 0.3) is 23.2 Å². The maximum atomic E-state index is 13.2. The van der Waals surface area contributed by atoms with Crippen molar-refractivity contribution in [1.29, 1.82) is 0 Å². The van der Waals surface area contributed by atoms with E-state index in [1.54, 1.807) is 42.5 Å². The van der Waals surface area contributed by atoms with Crippen LogP contribution in [0.2, 0.25) is 0 Å². The zero-order valence-corrected chi connectivity index (χ0v) is 15.2. The highest BCUT2D eigenvalue weighted by molar-refractivity contribution is 7.91. The molecule has 0 N–H and O–H groups in total. The third-order valence-corrected chi connectivity index (χ3v) is 5.81. The van der Waals surface area contributed by atoms with Crippen LogP contribution < -0.4 is 0 Å². The normalized spacial score (nSPS) is 11.9. The highest BCUT2D eigenvalue weighted by Gasteiger charge is 2.23. The second kappa shape index (κ2) is 7.13. The molecule has 0 aliphatic heterocycles. The number of para-hydroxylation sites is 2. The molecular weight excluding hydrogens is 356 g/mol. The minimum atomic E-state index is -3.79. The van der Waals surface area contributed by atoms with Gasteiger partial charge in [-0.3, -0.25) is 0 Å². The van der Waals surface area contributed by atoms with Gasteiger partial charge in [-0.05, 0) is 35.9 Å². The number of aromatic nitrogens is 2. The first-order chi connectivity index (χ1) is 13.1. The van der Waals surface area contributed by atoms with Gasteiger partial charge in [0.25, 0.3) is 0 Å². The molecule has 4 rings (SSSR count). The van der Waals surface area contributed by atoms with Crippen molar-refractivity contribution >= 4 is 33.0 Å². The molecule has 0 atom stereocenters. The highest BCUT2D eigenvalue weighted by atomic mass is 32.2. The molecule has 0 aliphatic carbocycles. The van der Waals surface area contributed by atoms with Gasteiger partial charge in [-0.2, -0.15) is 0 Å². The fourth-order valence-corrected chi connectivity index (χ4v) is 4.10. The van der Waals surface area contributed by atoms with E-state index < -0.39 is 9.84 Å². The standard InChI is InChI=1S/C22H16N2O2S/c25-27(26,18-11-5-2-6-12-18)22-21(16-15-17-9-3-1-4-10-17)23-19-13-7-8-14-20(19)24-22/h1-16H/b16-15+. The Bertz CT molecular complexity index is 1220. The lowest BCUT2D eigenvalue weighted by Crippen LogP contribution is -2.08. The molecule has 4 nitrogen and oxygen atoms in total. The average molecular weight is 372 g/mol. The van der Waals surface area contributed by atoms with Gasteiger partial charge in [0.2, 0.25) is 9.84 Å². The topological polar surface area (TPSA) is 59.9 Å². The fourth-order valence-electron chi connectivity index (χ4n) is 2.75. The Labute approximate surface area is 157 Å². The van der Waals surface area contributed by atoms with Crippen molar-refractivity contribution in [2.24, 2.45) is 0 Å². The van der Waals surface area contributed by atoms with Crippen LogP contribution in [0.4, 0.5) is 0 Å². The lowest BCUT2D eigenvalue weighted by atomic mass is 10.2. The first-order valence-corrected chi connectivity index (χ1v) is 9.93. The molecule has 0 unspecified atom stereocenters. The van der Waals surface area contributed by atoms with Gasteiger partial charge in [0.15, 0.2) is 5.03 Å². The van der Waals surface area contributed by atoms with Crippen molar-refractivity contribution in [3.8, 4) is 0 Å². The first kappa shape index (κ1) is 17.1. The highest BCUT2D eigenvalue weighted by Crippen LogP contribution is 2.25. The van der Waals surface area contributed by atoms with E-state index in [1.807, 2.05) is 54.6 Å². The summed E-state index contributed by atoms with van der Waals surface area (Å²) in [5.74, 6) is 0. The van der Waals surface area contributed by atoms with E-state index in [9.17, 15) is 8.42 Å². The Balaban J connectivity index is 1.91. The van der Waals surface area contributed by atoms with Crippen molar-refractivity contribution in [1.82, 2.24) is 9.97 Å². The smallest absolute Gasteiger partial charge is 0.226 e. The molecule has 5 heteroatoms. The molecule has 132 valence electrons. The molecule has 1 aromatic heterocycles. The summed E-state index contributed by atoms with van der Waals surface area (Å²) in [6.45, 7) is 0. The Hall–Kier alpha value is -3.31. The minimum absolute atomic E-state index is 0.0421. The molecular formula is C22H16N2O2S. The van der Waals surface area contributed by atoms with Gasteiger partial charge in [-0.1, -0.05) is 66.7 Å². The summed E-state index contributed by atoms with van der Waals surface area (Å²) in [5, 5.41) is -0.0421.